The first-order valence-electron chi connectivity index (χ1n) is 10.1. The van der Waals surface area contributed by atoms with Crippen LogP contribution >= 0.6 is 0 Å². The van der Waals surface area contributed by atoms with Crippen molar-refractivity contribution < 1.29 is 9.59 Å². The quantitative estimate of drug-likeness (QED) is 0.794. The summed E-state index contributed by atoms with van der Waals surface area (Å²) in [7, 11) is 0. The minimum absolute atomic E-state index is 0.00933. The third kappa shape index (κ3) is 5.44. The lowest BCUT2D eigenvalue weighted by Crippen LogP contribution is -2.35. The lowest BCUT2D eigenvalue weighted by molar-refractivity contribution is -0.128. The van der Waals surface area contributed by atoms with Crippen LogP contribution in [0, 0.1) is 32.6 Å². The van der Waals surface area contributed by atoms with Crippen LogP contribution in [0.15, 0.2) is 42.5 Å². The van der Waals surface area contributed by atoms with Gasteiger partial charge in [-0.25, -0.2) is 0 Å². The molecule has 2 aromatic carbocycles. The topological polar surface area (TPSA) is 58.2 Å². The van der Waals surface area contributed by atoms with Gasteiger partial charge in [0, 0.05) is 24.1 Å². The van der Waals surface area contributed by atoms with E-state index in [-0.39, 0.29) is 23.7 Å². The van der Waals surface area contributed by atoms with E-state index in [4.69, 9.17) is 0 Å². The van der Waals surface area contributed by atoms with Crippen LogP contribution in [0.1, 0.15) is 47.9 Å². The smallest absolute Gasteiger partial charge is 0.227 e. The second kappa shape index (κ2) is 9.05. The molecule has 0 bridgehead atoms. The molecule has 1 fully saturated rings. The lowest BCUT2D eigenvalue weighted by atomic mass is 9.81. The van der Waals surface area contributed by atoms with Crippen LogP contribution in [-0.4, -0.2) is 11.8 Å². The first kappa shape index (κ1) is 20.1. The zero-order valence-corrected chi connectivity index (χ0v) is 17.0. The van der Waals surface area contributed by atoms with Crippen molar-refractivity contribution in [1.29, 1.82) is 0 Å². The molecule has 148 valence electrons. The second-order valence-corrected chi connectivity index (χ2v) is 8.12. The monoisotopic (exact) mass is 378 g/mol. The molecular weight excluding hydrogens is 348 g/mol. The standard InChI is InChI=1S/C24H30N2O2/c1-16-5-4-6-19(12-16)15-25-23(27)20-7-9-21(10-8-20)24(28)26-22-13-17(2)11-18(3)14-22/h4-6,11-14,20-21H,7-10,15H2,1-3H3,(H,25,27)(H,26,28). The molecule has 2 aromatic rings. The molecule has 4 heteroatoms. The molecule has 0 spiro atoms. The molecule has 2 amide bonds. The molecule has 1 aliphatic carbocycles. The second-order valence-electron chi connectivity index (χ2n) is 8.12. The highest BCUT2D eigenvalue weighted by Gasteiger charge is 2.29. The predicted molar refractivity (Wildman–Crippen MR) is 113 cm³/mol. The van der Waals surface area contributed by atoms with Gasteiger partial charge < -0.3 is 10.6 Å². The van der Waals surface area contributed by atoms with Gasteiger partial charge in [0.2, 0.25) is 11.8 Å². The highest BCUT2D eigenvalue weighted by Crippen LogP contribution is 2.30. The molecule has 0 saturated heterocycles. The van der Waals surface area contributed by atoms with Gasteiger partial charge in [-0.15, -0.1) is 0 Å². The summed E-state index contributed by atoms with van der Waals surface area (Å²) in [4.78, 5) is 25.1. The van der Waals surface area contributed by atoms with E-state index in [0.29, 0.717) is 6.54 Å². The lowest BCUT2D eigenvalue weighted by Gasteiger charge is -2.27. The Morgan fingerprint density at radius 3 is 2.04 bits per heavy atom. The fraction of sp³-hybridized carbons (Fsp3) is 0.417. The third-order valence-electron chi connectivity index (χ3n) is 5.51. The van der Waals surface area contributed by atoms with Crippen LogP contribution in [0.5, 0.6) is 0 Å². The van der Waals surface area contributed by atoms with Crippen molar-refractivity contribution in [3.63, 3.8) is 0 Å². The van der Waals surface area contributed by atoms with Gasteiger partial charge in [-0.3, -0.25) is 9.59 Å². The van der Waals surface area contributed by atoms with Gasteiger partial charge >= 0.3 is 0 Å². The summed E-state index contributed by atoms with van der Waals surface area (Å²) in [5.74, 6) is 0.176. The summed E-state index contributed by atoms with van der Waals surface area (Å²) >= 11 is 0. The van der Waals surface area contributed by atoms with E-state index in [2.05, 4.69) is 35.8 Å². The Hall–Kier alpha value is -2.62. The zero-order chi connectivity index (χ0) is 20.1. The number of rotatable bonds is 5. The van der Waals surface area contributed by atoms with Gasteiger partial charge in [-0.05, 0) is 75.3 Å². The van der Waals surface area contributed by atoms with Crippen LogP contribution < -0.4 is 10.6 Å². The van der Waals surface area contributed by atoms with Crippen molar-refractivity contribution >= 4 is 17.5 Å². The van der Waals surface area contributed by atoms with E-state index in [9.17, 15) is 9.59 Å². The molecule has 0 unspecified atom stereocenters. The van der Waals surface area contributed by atoms with Crippen molar-refractivity contribution in [2.45, 2.75) is 53.0 Å². The summed E-state index contributed by atoms with van der Waals surface area (Å²) in [6.07, 6.45) is 3.06. The van der Waals surface area contributed by atoms with E-state index < -0.39 is 0 Å². The van der Waals surface area contributed by atoms with Crippen LogP contribution in [0.4, 0.5) is 5.69 Å². The number of benzene rings is 2. The third-order valence-corrected chi connectivity index (χ3v) is 5.51. The Bertz CT molecular complexity index is 831. The van der Waals surface area contributed by atoms with E-state index in [1.807, 2.05) is 38.1 Å². The Balaban J connectivity index is 1.46. The number of aryl methyl sites for hydroxylation is 3. The number of hydrogen-bond acceptors (Lipinski definition) is 2. The highest BCUT2D eigenvalue weighted by atomic mass is 16.2. The summed E-state index contributed by atoms with van der Waals surface area (Å²) in [6, 6.07) is 14.3. The van der Waals surface area contributed by atoms with Crippen molar-refractivity contribution in [3.05, 3.63) is 64.7 Å². The van der Waals surface area contributed by atoms with Crippen molar-refractivity contribution in [2.75, 3.05) is 5.32 Å². The van der Waals surface area contributed by atoms with Crippen molar-refractivity contribution in [3.8, 4) is 0 Å². The van der Waals surface area contributed by atoms with E-state index in [1.165, 1.54) is 5.56 Å². The maximum Gasteiger partial charge on any atom is 0.227 e. The fourth-order valence-electron chi connectivity index (χ4n) is 4.06. The Labute approximate surface area is 167 Å². The first-order chi connectivity index (χ1) is 13.4. The zero-order valence-electron chi connectivity index (χ0n) is 17.0. The molecule has 2 N–H and O–H groups in total. The maximum atomic E-state index is 12.6. The molecule has 1 aliphatic rings. The van der Waals surface area contributed by atoms with Crippen LogP contribution in [-0.2, 0) is 16.1 Å². The summed E-state index contributed by atoms with van der Waals surface area (Å²) < 4.78 is 0. The van der Waals surface area contributed by atoms with Gasteiger partial charge in [-0.2, -0.15) is 0 Å². The van der Waals surface area contributed by atoms with Crippen LogP contribution in [0.2, 0.25) is 0 Å². The van der Waals surface area contributed by atoms with Gasteiger partial charge in [0.15, 0.2) is 0 Å². The SMILES string of the molecule is Cc1cccc(CNC(=O)C2CCC(C(=O)Nc3cc(C)cc(C)c3)CC2)c1. The molecule has 28 heavy (non-hydrogen) atoms. The van der Waals surface area contributed by atoms with Crippen molar-refractivity contribution in [2.24, 2.45) is 11.8 Å². The van der Waals surface area contributed by atoms with Gasteiger partial charge in [0.05, 0.1) is 0 Å². The summed E-state index contributed by atoms with van der Waals surface area (Å²) in [5.41, 5.74) is 5.46. The largest absolute Gasteiger partial charge is 0.352 e. The number of hydrogen-bond donors (Lipinski definition) is 2. The molecule has 0 aromatic heterocycles. The molecule has 1 saturated carbocycles. The number of amides is 2. The number of carbonyl (C=O) groups excluding carboxylic acids is 2. The van der Waals surface area contributed by atoms with E-state index in [0.717, 1.165) is 48.1 Å². The molecular formula is C24H30N2O2. The number of nitrogens with one attached hydrogen (secondary N) is 2. The normalized spacial score (nSPS) is 19.1. The Morgan fingerprint density at radius 2 is 1.43 bits per heavy atom. The fourth-order valence-corrected chi connectivity index (χ4v) is 4.06. The molecule has 0 radical (unpaired) electrons. The molecule has 3 rings (SSSR count). The van der Waals surface area contributed by atoms with Crippen LogP contribution in [0.25, 0.3) is 0 Å². The minimum atomic E-state index is -0.0124. The maximum absolute atomic E-state index is 12.6. The molecule has 4 nitrogen and oxygen atoms in total. The summed E-state index contributed by atoms with van der Waals surface area (Å²) in [6.45, 7) is 6.68. The van der Waals surface area contributed by atoms with Gasteiger partial charge in [0.25, 0.3) is 0 Å². The van der Waals surface area contributed by atoms with E-state index in [1.54, 1.807) is 0 Å². The van der Waals surface area contributed by atoms with Crippen LogP contribution in [0.3, 0.4) is 0 Å². The highest BCUT2D eigenvalue weighted by molar-refractivity contribution is 5.93. The minimum Gasteiger partial charge on any atom is -0.352 e. The van der Waals surface area contributed by atoms with E-state index >= 15 is 0 Å². The average Bonchev–Trinajstić information content (AvgIpc) is 2.65. The predicted octanol–water partition coefficient (Wildman–Crippen LogP) is 4.67. The molecule has 0 aliphatic heterocycles. The van der Waals surface area contributed by atoms with Crippen molar-refractivity contribution in [1.82, 2.24) is 5.32 Å². The number of carbonyl (C=O) groups is 2. The number of anilines is 1. The van der Waals surface area contributed by atoms with Gasteiger partial charge in [-0.1, -0.05) is 35.9 Å². The Morgan fingerprint density at radius 1 is 0.821 bits per heavy atom. The first-order valence-corrected chi connectivity index (χ1v) is 10.1. The average molecular weight is 379 g/mol. The van der Waals surface area contributed by atoms with Gasteiger partial charge in [0.1, 0.15) is 0 Å². The Kier molecular flexibility index (Phi) is 6.50. The molecule has 0 heterocycles. The summed E-state index contributed by atoms with van der Waals surface area (Å²) in [5, 5.41) is 6.10. The molecule has 0 atom stereocenters.